The summed E-state index contributed by atoms with van der Waals surface area (Å²) in [5, 5.41) is 13.1. The molecule has 2 heterocycles. The molecule has 2 N–H and O–H groups in total. The minimum atomic E-state index is -0.0772. The smallest absolute Gasteiger partial charge is 0.321 e. The molecule has 0 bridgehead atoms. The zero-order chi connectivity index (χ0) is 22.5. The van der Waals surface area contributed by atoms with E-state index in [1.807, 2.05) is 42.2 Å². The Morgan fingerprint density at radius 3 is 2.50 bits per heavy atom. The first-order valence-corrected chi connectivity index (χ1v) is 11.4. The normalized spacial score (nSPS) is 23.7. The van der Waals surface area contributed by atoms with E-state index in [1.165, 1.54) is 11.1 Å². The van der Waals surface area contributed by atoms with Gasteiger partial charge in [-0.25, -0.2) is 4.79 Å². The van der Waals surface area contributed by atoms with Gasteiger partial charge in [-0.2, -0.15) is 0 Å². The number of amides is 2. The Labute approximate surface area is 190 Å². The third-order valence-electron chi connectivity index (χ3n) is 6.68. The highest BCUT2D eigenvalue weighted by molar-refractivity contribution is 5.89. The predicted octanol–water partition coefficient (Wildman–Crippen LogP) is 4.18. The van der Waals surface area contributed by atoms with E-state index in [9.17, 15) is 9.90 Å². The van der Waals surface area contributed by atoms with Crippen LogP contribution in [-0.2, 0) is 0 Å². The van der Waals surface area contributed by atoms with Crippen molar-refractivity contribution in [3.63, 3.8) is 0 Å². The minimum Gasteiger partial charge on any atom is -0.497 e. The topological polar surface area (TPSA) is 65.0 Å². The minimum absolute atomic E-state index is 0.0772. The molecule has 0 radical (unpaired) electrons. The van der Waals surface area contributed by atoms with Gasteiger partial charge in [-0.3, -0.25) is 4.90 Å². The van der Waals surface area contributed by atoms with Gasteiger partial charge in [-0.05, 0) is 61.7 Å². The maximum absolute atomic E-state index is 13.1. The molecule has 170 valence electrons. The SMILES string of the molecule is C/C=C/c1ccc([C@H]2[C@H]3CN(C(=O)Nc4ccc(OC)cc4)CCCCN3[C@H]2CO)cc1. The van der Waals surface area contributed by atoms with Crippen LogP contribution in [0.1, 0.15) is 36.8 Å². The molecule has 6 heteroatoms. The van der Waals surface area contributed by atoms with E-state index in [4.69, 9.17) is 4.74 Å². The van der Waals surface area contributed by atoms with Gasteiger partial charge in [0.15, 0.2) is 0 Å². The lowest BCUT2D eigenvalue weighted by atomic mass is 9.74. The van der Waals surface area contributed by atoms with E-state index in [1.54, 1.807) is 7.11 Å². The number of aliphatic hydroxyl groups excluding tert-OH is 1. The number of ether oxygens (including phenoxy) is 1. The number of allylic oxidation sites excluding steroid dienone is 1. The van der Waals surface area contributed by atoms with Crippen molar-refractivity contribution in [1.82, 2.24) is 9.80 Å². The van der Waals surface area contributed by atoms with Crippen LogP contribution in [0.15, 0.2) is 54.6 Å². The van der Waals surface area contributed by atoms with Crippen LogP contribution >= 0.6 is 0 Å². The molecule has 2 aliphatic heterocycles. The highest BCUT2D eigenvalue weighted by atomic mass is 16.5. The summed E-state index contributed by atoms with van der Waals surface area (Å²) in [5.74, 6) is 0.978. The van der Waals surface area contributed by atoms with Crippen LogP contribution in [-0.4, -0.2) is 66.4 Å². The predicted molar refractivity (Wildman–Crippen MR) is 128 cm³/mol. The molecular weight excluding hydrogens is 402 g/mol. The van der Waals surface area contributed by atoms with Gasteiger partial charge < -0.3 is 20.1 Å². The molecule has 0 saturated carbocycles. The second-order valence-corrected chi connectivity index (χ2v) is 8.56. The number of aliphatic hydroxyl groups is 1. The fourth-order valence-electron chi connectivity index (χ4n) is 5.02. The van der Waals surface area contributed by atoms with E-state index >= 15 is 0 Å². The van der Waals surface area contributed by atoms with E-state index in [0.717, 1.165) is 37.4 Å². The molecule has 0 aliphatic carbocycles. The lowest BCUT2D eigenvalue weighted by molar-refractivity contribution is -0.0585. The Morgan fingerprint density at radius 1 is 1.12 bits per heavy atom. The number of hydrogen-bond acceptors (Lipinski definition) is 4. The third-order valence-corrected chi connectivity index (χ3v) is 6.68. The van der Waals surface area contributed by atoms with Crippen LogP contribution < -0.4 is 10.1 Å². The van der Waals surface area contributed by atoms with Crippen molar-refractivity contribution in [2.24, 2.45) is 0 Å². The second kappa shape index (κ2) is 10.2. The standard InChI is InChI=1S/C26H33N3O3/c1-3-6-19-7-9-20(10-8-19)25-23-17-28(15-4-5-16-29(23)24(25)18-30)26(31)27-21-11-13-22(32-2)14-12-21/h3,6-14,23-25,30H,4-5,15-18H2,1-2H3,(H,27,31)/b6-3+/t23-,24+,25+/m1/s1. The summed E-state index contributed by atoms with van der Waals surface area (Å²) < 4.78 is 5.20. The fraction of sp³-hybridized carbons (Fsp3) is 0.423. The van der Waals surface area contributed by atoms with Gasteiger partial charge in [-0.15, -0.1) is 0 Å². The molecule has 32 heavy (non-hydrogen) atoms. The lowest BCUT2D eigenvalue weighted by Gasteiger charge is -2.57. The summed E-state index contributed by atoms with van der Waals surface area (Å²) >= 11 is 0. The number of rotatable bonds is 5. The molecule has 2 saturated heterocycles. The quantitative estimate of drug-likeness (QED) is 0.739. The number of urea groups is 1. The molecule has 0 aromatic heterocycles. The van der Waals surface area contributed by atoms with Crippen LogP contribution in [0.25, 0.3) is 6.08 Å². The van der Waals surface area contributed by atoms with Gasteiger partial charge >= 0.3 is 6.03 Å². The number of nitrogens with zero attached hydrogens (tertiary/aromatic N) is 2. The van der Waals surface area contributed by atoms with E-state index in [0.29, 0.717) is 6.54 Å². The van der Waals surface area contributed by atoms with Gasteiger partial charge in [0.25, 0.3) is 0 Å². The monoisotopic (exact) mass is 435 g/mol. The zero-order valence-electron chi connectivity index (χ0n) is 18.9. The van der Waals surface area contributed by atoms with E-state index < -0.39 is 0 Å². The van der Waals surface area contributed by atoms with Crippen molar-refractivity contribution in [3.05, 3.63) is 65.7 Å². The first-order chi connectivity index (χ1) is 15.6. The number of anilines is 1. The molecule has 2 aliphatic rings. The van der Waals surface area contributed by atoms with Crippen molar-refractivity contribution in [3.8, 4) is 5.75 Å². The molecule has 3 atom stereocenters. The number of nitrogens with one attached hydrogen (secondary N) is 1. The Morgan fingerprint density at radius 2 is 1.84 bits per heavy atom. The number of fused-ring (bicyclic) bond motifs is 1. The van der Waals surface area contributed by atoms with Crippen molar-refractivity contribution >= 4 is 17.8 Å². The van der Waals surface area contributed by atoms with Gasteiger partial charge in [0.2, 0.25) is 0 Å². The van der Waals surface area contributed by atoms with Crippen molar-refractivity contribution < 1.29 is 14.6 Å². The maximum Gasteiger partial charge on any atom is 0.321 e. The molecule has 0 spiro atoms. The van der Waals surface area contributed by atoms with Gasteiger partial charge in [0.1, 0.15) is 5.75 Å². The third kappa shape index (κ3) is 4.66. The van der Waals surface area contributed by atoms with Gasteiger partial charge in [0.05, 0.1) is 13.7 Å². The van der Waals surface area contributed by atoms with Crippen molar-refractivity contribution in [2.75, 3.05) is 38.7 Å². The maximum atomic E-state index is 13.1. The molecule has 2 fully saturated rings. The molecule has 2 amide bonds. The first-order valence-electron chi connectivity index (χ1n) is 11.4. The van der Waals surface area contributed by atoms with Crippen LogP contribution in [0.4, 0.5) is 10.5 Å². The summed E-state index contributed by atoms with van der Waals surface area (Å²) in [6, 6.07) is 16.2. The molecule has 2 aromatic carbocycles. The molecule has 6 nitrogen and oxygen atoms in total. The van der Waals surface area contributed by atoms with Crippen LogP contribution in [0.5, 0.6) is 5.75 Å². The summed E-state index contributed by atoms with van der Waals surface area (Å²) in [6.45, 7) is 4.51. The fourth-order valence-corrected chi connectivity index (χ4v) is 5.02. The summed E-state index contributed by atoms with van der Waals surface area (Å²) in [5.41, 5.74) is 3.16. The zero-order valence-corrected chi connectivity index (χ0v) is 18.9. The van der Waals surface area contributed by atoms with Gasteiger partial charge in [0, 0.05) is 36.8 Å². The summed E-state index contributed by atoms with van der Waals surface area (Å²) in [7, 11) is 1.63. The molecule has 2 aromatic rings. The molecule has 4 rings (SSSR count). The average Bonchev–Trinajstić information content (AvgIpc) is 2.79. The Bertz CT molecular complexity index is 926. The van der Waals surface area contributed by atoms with Crippen LogP contribution in [0, 0.1) is 0 Å². The summed E-state index contributed by atoms with van der Waals surface area (Å²) in [6.07, 6.45) is 6.10. The van der Waals surface area contributed by atoms with Crippen LogP contribution in [0.3, 0.4) is 0 Å². The number of benzene rings is 2. The first kappa shape index (κ1) is 22.4. The number of methoxy groups -OCH3 is 1. The molecular formula is C26H33N3O3. The summed E-state index contributed by atoms with van der Waals surface area (Å²) in [4.78, 5) is 17.4. The van der Waals surface area contributed by atoms with E-state index in [-0.39, 0.29) is 30.6 Å². The lowest BCUT2D eigenvalue weighted by Crippen LogP contribution is -2.68. The Hall–Kier alpha value is -2.83. The van der Waals surface area contributed by atoms with Crippen LogP contribution in [0.2, 0.25) is 0 Å². The number of carbonyl (C=O) groups is 1. The Kier molecular flexibility index (Phi) is 7.12. The molecule has 0 unspecified atom stereocenters. The van der Waals surface area contributed by atoms with Crippen molar-refractivity contribution in [1.29, 1.82) is 0 Å². The number of hydrogen-bond donors (Lipinski definition) is 2. The highest BCUT2D eigenvalue weighted by Gasteiger charge is 2.49. The Balaban J connectivity index is 1.50. The average molecular weight is 436 g/mol. The van der Waals surface area contributed by atoms with Gasteiger partial charge in [-0.1, -0.05) is 36.4 Å². The number of carbonyl (C=O) groups excluding carboxylic acids is 1. The largest absolute Gasteiger partial charge is 0.497 e. The second-order valence-electron chi connectivity index (χ2n) is 8.56. The van der Waals surface area contributed by atoms with Crippen molar-refractivity contribution in [2.45, 2.75) is 37.8 Å². The highest BCUT2D eigenvalue weighted by Crippen LogP contribution is 2.42. The van der Waals surface area contributed by atoms with E-state index in [2.05, 4.69) is 40.6 Å².